The Kier molecular flexibility index (Phi) is 10.4. The zero-order chi connectivity index (χ0) is 22.5. The number of anilines is 2. The molecule has 2 rings (SSSR count). The summed E-state index contributed by atoms with van der Waals surface area (Å²) in [4.78, 5) is 27.1. The van der Waals surface area contributed by atoms with Crippen molar-refractivity contribution in [2.75, 3.05) is 36.9 Å². The highest BCUT2D eigenvalue weighted by atomic mass is 16.5. The number of carbonyl (C=O) groups excluding carboxylic acids is 2. The van der Waals surface area contributed by atoms with Crippen LogP contribution in [0, 0.1) is 0 Å². The van der Waals surface area contributed by atoms with Crippen LogP contribution in [0.25, 0.3) is 0 Å². The Hall–Kier alpha value is -3.02. The molecule has 0 aliphatic rings. The van der Waals surface area contributed by atoms with E-state index >= 15 is 0 Å². The van der Waals surface area contributed by atoms with E-state index in [0.29, 0.717) is 17.9 Å². The number of carbonyl (C=O) groups is 2. The number of para-hydroxylation sites is 2. The standard InChI is InChI=1S/C25H35N3O3/c1-4-7-17-31-23-14-9-8-13-22(23)26-19-24(29)27-21-12-10-11-20(18-21)25(30)28(15-5-2)16-6-3/h8-14,18,26H,4-7,15-17,19H2,1-3H3,(H,27,29). The van der Waals surface area contributed by atoms with Crippen LogP contribution in [-0.4, -0.2) is 43.0 Å². The summed E-state index contributed by atoms with van der Waals surface area (Å²) in [6, 6.07) is 14.7. The molecule has 0 bridgehead atoms. The molecule has 0 fully saturated rings. The van der Waals surface area contributed by atoms with Crippen LogP contribution in [0.3, 0.4) is 0 Å². The van der Waals surface area contributed by atoms with E-state index in [4.69, 9.17) is 4.74 Å². The second kappa shape index (κ2) is 13.3. The van der Waals surface area contributed by atoms with Crippen molar-refractivity contribution in [3.05, 3.63) is 54.1 Å². The van der Waals surface area contributed by atoms with Gasteiger partial charge < -0.3 is 20.3 Å². The highest BCUT2D eigenvalue weighted by Gasteiger charge is 2.15. The topological polar surface area (TPSA) is 70.7 Å². The summed E-state index contributed by atoms with van der Waals surface area (Å²) < 4.78 is 5.80. The van der Waals surface area contributed by atoms with E-state index in [0.717, 1.165) is 50.2 Å². The number of ether oxygens (including phenoxy) is 1. The van der Waals surface area contributed by atoms with Crippen LogP contribution in [0.5, 0.6) is 5.75 Å². The molecule has 6 heteroatoms. The van der Waals surface area contributed by atoms with Crippen molar-refractivity contribution in [1.82, 2.24) is 4.90 Å². The number of rotatable bonds is 13. The van der Waals surface area contributed by atoms with Crippen molar-refractivity contribution in [2.45, 2.75) is 46.5 Å². The van der Waals surface area contributed by atoms with Crippen molar-refractivity contribution in [1.29, 1.82) is 0 Å². The fourth-order valence-corrected chi connectivity index (χ4v) is 3.21. The van der Waals surface area contributed by atoms with E-state index in [1.165, 1.54) is 0 Å². The van der Waals surface area contributed by atoms with Crippen molar-refractivity contribution < 1.29 is 14.3 Å². The van der Waals surface area contributed by atoms with Gasteiger partial charge in [-0.3, -0.25) is 9.59 Å². The Morgan fingerprint density at radius 2 is 1.68 bits per heavy atom. The van der Waals surface area contributed by atoms with Crippen LogP contribution in [0.4, 0.5) is 11.4 Å². The second-order valence-corrected chi connectivity index (χ2v) is 7.47. The third-order valence-corrected chi connectivity index (χ3v) is 4.75. The molecule has 0 saturated heterocycles. The first kappa shape index (κ1) is 24.3. The second-order valence-electron chi connectivity index (χ2n) is 7.47. The van der Waals surface area contributed by atoms with Crippen molar-refractivity contribution >= 4 is 23.2 Å². The average molecular weight is 426 g/mol. The van der Waals surface area contributed by atoms with Gasteiger partial charge in [0, 0.05) is 24.3 Å². The highest BCUT2D eigenvalue weighted by molar-refractivity contribution is 5.98. The predicted octanol–water partition coefficient (Wildman–Crippen LogP) is 5.18. The molecule has 2 N–H and O–H groups in total. The summed E-state index contributed by atoms with van der Waals surface area (Å²) in [5.74, 6) is 0.547. The molecule has 0 unspecified atom stereocenters. The largest absolute Gasteiger partial charge is 0.491 e. The maximum Gasteiger partial charge on any atom is 0.253 e. The Balaban J connectivity index is 1.96. The molecule has 0 radical (unpaired) electrons. The van der Waals surface area contributed by atoms with Crippen LogP contribution in [-0.2, 0) is 4.79 Å². The summed E-state index contributed by atoms with van der Waals surface area (Å²) in [5.41, 5.74) is 1.98. The molecule has 0 atom stereocenters. The molecule has 0 aliphatic heterocycles. The Bertz CT molecular complexity index is 832. The summed E-state index contributed by atoms with van der Waals surface area (Å²) >= 11 is 0. The minimum Gasteiger partial charge on any atom is -0.491 e. The number of amides is 2. The smallest absolute Gasteiger partial charge is 0.253 e. The van der Waals surface area contributed by atoms with E-state index in [2.05, 4.69) is 31.4 Å². The Morgan fingerprint density at radius 3 is 2.39 bits per heavy atom. The lowest BCUT2D eigenvalue weighted by Gasteiger charge is -2.21. The number of hydrogen-bond donors (Lipinski definition) is 2. The molecular weight excluding hydrogens is 390 g/mol. The zero-order valence-electron chi connectivity index (χ0n) is 18.9. The molecule has 168 valence electrons. The molecule has 0 aromatic heterocycles. The van der Waals surface area contributed by atoms with Gasteiger partial charge in [0.05, 0.1) is 18.8 Å². The molecule has 2 aromatic carbocycles. The van der Waals surface area contributed by atoms with Crippen molar-refractivity contribution in [3.8, 4) is 5.75 Å². The van der Waals surface area contributed by atoms with Gasteiger partial charge in [0.25, 0.3) is 5.91 Å². The van der Waals surface area contributed by atoms with Crippen molar-refractivity contribution in [3.63, 3.8) is 0 Å². The lowest BCUT2D eigenvalue weighted by atomic mass is 10.1. The van der Waals surface area contributed by atoms with Crippen LogP contribution in [0.2, 0.25) is 0 Å². The summed E-state index contributed by atoms with van der Waals surface area (Å²) in [5, 5.41) is 6.01. The molecule has 0 heterocycles. The van der Waals surface area contributed by atoms with E-state index < -0.39 is 0 Å². The monoisotopic (exact) mass is 425 g/mol. The molecule has 6 nitrogen and oxygen atoms in total. The molecule has 0 spiro atoms. The molecule has 31 heavy (non-hydrogen) atoms. The fraction of sp³-hybridized carbons (Fsp3) is 0.440. The number of nitrogens with zero attached hydrogens (tertiary/aromatic N) is 1. The maximum absolute atomic E-state index is 12.8. The van der Waals surface area contributed by atoms with Gasteiger partial charge in [-0.2, -0.15) is 0 Å². The van der Waals surface area contributed by atoms with E-state index in [-0.39, 0.29) is 18.4 Å². The zero-order valence-corrected chi connectivity index (χ0v) is 18.9. The van der Waals surface area contributed by atoms with Crippen LogP contribution < -0.4 is 15.4 Å². The van der Waals surface area contributed by atoms with Crippen LogP contribution in [0.1, 0.15) is 56.8 Å². The lowest BCUT2D eigenvalue weighted by molar-refractivity contribution is -0.114. The first-order valence-corrected chi connectivity index (χ1v) is 11.2. The first-order chi connectivity index (χ1) is 15.1. The molecule has 2 amide bonds. The molecule has 2 aromatic rings. The quantitative estimate of drug-likeness (QED) is 0.434. The molecule has 0 saturated carbocycles. The third kappa shape index (κ3) is 7.96. The van der Waals surface area contributed by atoms with Crippen LogP contribution >= 0.6 is 0 Å². The molecule has 0 aliphatic carbocycles. The van der Waals surface area contributed by atoms with Gasteiger partial charge in [0.1, 0.15) is 5.75 Å². The normalized spacial score (nSPS) is 10.4. The molecular formula is C25H35N3O3. The maximum atomic E-state index is 12.8. The Labute approximate surface area is 186 Å². The van der Waals surface area contributed by atoms with Gasteiger partial charge in [-0.05, 0) is 49.6 Å². The van der Waals surface area contributed by atoms with Gasteiger partial charge in [-0.25, -0.2) is 0 Å². The van der Waals surface area contributed by atoms with Gasteiger partial charge in [-0.1, -0.05) is 45.4 Å². The van der Waals surface area contributed by atoms with Gasteiger partial charge in [0.2, 0.25) is 5.91 Å². The van der Waals surface area contributed by atoms with E-state index in [1.54, 1.807) is 24.3 Å². The summed E-state index contributed by atoms with van der Waals surface area (Å²) in [6.07, 6.45) is 3.88. The van der Waals surface area contributed by atoms with E-state index in [9.17, 15) is 9.59 Å². The van der Waals surface area contributed by atoms with Gasteiger partial charge in [-0.15, -0.1) is 0 Å². The fourth-order valence-electron chi connectivity index (χ4n) is 3.21. The average Bonchev–Trinajstić information content (AvgIpc) is 2.78. The third-order valence-electron chi connectivity index (χ3n) is 4.75. The van der Waals surface area contributed by atoms with Crippen LogP contribution in [0.15, 0.2) is 48.5 Å². The number of benzene rings is 2. The number of unbranched alkanes of at least 4 members (excludes halogenated alkanes) is 1. The van der Waals surface area contributed by atoms with E-state index in [1.807, 2.05) is 29.2 Å². The minimum atomic E-state index is -0.188. The van der Waals surface area contributed by atoms with Gasteiger partial charge in [0.15, 0.2) is 0 Å². The van der Waals surface area contributed by atoms with Crippen molar-refractivity contribution in [2.24, 2.45) is 0 Å². The highest BCUT2D eigenvalue weighted by Crippen LogP contribution is 2.23. The Morgan fingerprint density at radius 1 is 0.935 bits per heavy atom. The predicted molar refractivity (Wildman–Crippen MR) is 127 cm³/mol. The first-order valence-electron chi connectivity index (χ1n) is 11.2. The lowest BCUT2D eigenvalue weighted by Crippen LogP contribution is -2.32. The SMILES string of the molecule is CCCCOc1ccccc1NCC(=O)Nc1cccc(C(=O)N(CCC)CCC)c1. The van der Waals surface area contributed by atoms with Gasteiger partial charge >= 0.3 is 0 Å². The summed E-state index contributed by atoms with van der Waals surface area (Å²) in [6.45, 7) is 8.45. The number of nitrogens with one attached hydrogen (secondary N) is 2. The number of hydrogen-bond acceptors (Lipinski definition) is 4. The summed E-state index contributed by atoms with van der Waals surface area (Å²) in [7, 11) is 0. The minimum absolute atomic E-state index is 0.00363.